The predicted molar refractivity (Wildman–Crippen MR) is 98.6 cm³/mol. The molecule has 0 saturated carbocycles. The van der Waals surface area contributed by atoms with E-state index in [0.29, 0.717) is 19.7 Å². The van der Waals surface area contributed by atoms with Crippen molar-refractivity contribution >= 4 is 5.91 Å². The number of carbonyl (C=O) groups excluding carboxylic acids is 1. The largest absolute Gasteiger partial charge is 0.486 e. The van der Waals surface area contributed by atoms with Crippen LogP contribution in [0.5, 0.6) is 11.5 Å². The maximum absolute atomic E-state index is 11.5. The van der Waals surface area contributed by atoms with Crippen LogP contribution in [-0.2, 0) is 12.0 Å². The van der Waals surface area contributed by atoms with Crippen LogP contribution >= 0.6 is 0 Å². The number of amides is 1. The van der Waals surface area contributed by atoms with Gasteiger partial charge in [0, 0.05) is 24.1 Å². The Hall–Kier alpha value is -2.47. The zero-order valence-corrected chi connectivity index (χ0v) is 15.7. The average molecular weight is 358 g/mol. The van der Waals surface area contributed by atoms with Crippen molar-refractivity contribution in [1.29, 1.82) is 0 Å². The van der Waals surface area contributed by atoms with Crippen molar-refractivity contribution in [3.05, 3.63) is 47.4 Å². The molecule has 1 atom stereocenters. The van der Waals surface area contributed by atoms with E-state index in [1.807, 2.05) is 31.3 Å². The highest BCUT2D eigenvalue weighted by Gasteiger charge is 2.27. The van der Waals surface area contributed by atoms with Gasteiger partial charge < -0.3 is 19.6 Å². The first kappa shape index (κ1) is 18.3. The van der Waals surface area contributed by atoms with Gasteiger partial charge in [0.05, 0.1) is 0 Å². The van der Waals surface area contributed by atoms with Crippen molar-refractivity contribution in [2.24, 2.45) is 5.73 Å². The van der Waals surface area contributed by atoms with Crippen LogP contribution in [0.25, 0.3) is 0 Å². The third-order valence-corrected chi connectivity index (χ3v) is 4.26. The Labute approximate surface area is 153 Å². The highest BCUT2D eigenvalue weighted by atomic mass is 16.6. The molecule has 0 saturated heterocycles. The zero-order chi connectivity index (χ0) is 18.9. The van der Waals surface area contributed by atoms with Gasteiger partial charge >= 0.3 is 0 Å². The molecule has 26 heavy (non-hydrogen) atoms. The highest BCUT2D eigenvalue weighted by molar-refractivity contribution is 5.90. The van der Waals surface area contributed by atoms with E-state index in [0.717, 1.165) is 22.8 Å². The van der Waals surface area contributed by atoms with E-state index < -0.39 is 5.91 Å². The van der Waals surface area contributed by atoms with E-state index in [-0.39, 0.29) is 17.3 Å². The van der Waals surface area contributed by atoms with Gasteiger partial charge in [0.15, 0.2) is 17.3 Å². The second-order valence-electron chi connectivity index (χ2n) is 7.77. The van der Waals surface area contributed by atoms with E-state index in [1.165, 1.54) is 0 Å². The first-order valence-corrected chi connectivity index (χ1v) is 8.74. The third kappa shape index (κ3) is 4.02. The zero-order valence-electron chi connectivity index (χ0n) is 15.7. The number of hydrogen-bond donors (Lipinski definition) is 1. The molecule has 0 aliphatic carbocycles. The maximum atomic E-state index is 11.5. The average Bonchev–Trinajstić information content (AvgIpc) is 2.99. The number of nitrogens with two attached hydrogens (primary N) is 1. The Morgan fingerprint density at radius 1 is 1.27 bits per heavy atom. The van der Waals surface area contributed by atoms with Gasteiger partial charge in [0.2, 0.25) is 0 Å². The highest BCUT2D eigenvalue weighted by Crippen LogP contribution is 2.32. The van der Waals surface area contributed by atoms with Crippen molar-refractivity contribution in [3.8, 4) is 11.5 Å². The molecule has 2 aromatic rings. The number of likely N-dealkylation sites (N-methyl/N-ethyl adjacent to an activating group) is 1. The van der Waals surface area contributed by atoms with Gasteiger partial charge in [-0.1, -0.05) is 32.9 Å². The summed E-state index contributed by atoms with van der Waals surface area (Å²) in [5.74, 6) is 1.98. The summed E-state index contributed by atoms with van der Waals surface area (Å²) in [4.78, 5) is 13.6. The number of benzene rings is 1. The van der Waals surface area contributed by atoms with Crippen molar-refractivity contribution in [1.82, 2.24) is 4.90 Å². The lowest BCUT2D eigenvalue weighted by atomic mass is 9.90. The third-order valence-electron chi connectivity index (χ3n) is 4.26. The molecular weight excluding hydrogens is 332 g/mol. The minimum Gasteiger partial charge on any atom is -0.486 e. The lowest BCUT2D eigenvalue weighted by Gasteiger charge is -2.30. The van der Waals surface area contributed by atoms with Gasteiger partial charge in [0.1, 0.15) is 18.5 Å². The molecular formula is C20H26N2O4. The van der Waals surface area contributed by atoms with Crippen molar-refractivity contribution in [3.63, 3.8) is 0 Å². The second kappa shape index (κ2) is 7.03. The lowest BCUT2D eigenvalue weighted by molar-refractivity contribution is 0.0636. The summed E-state index contributed by atoms with van der Waals surface area (Å²) in [6.45, 7) is 7.98. The van der Waals surface area contributed by atoms with E-state index in [1.54, 1.807) is 6.07 Å². The quantitative estimate of drug-likeness (QED) is 0.889. The molecule has 0 radical (unpaired) electrons. The molecule has 1 aromatic heterocycles. The Bertz CT molecular complexity index is 791. The molecule has 2 N–H and O–H groups in total. The Kier molecular flexibility index (Phi) is 4.96. The summed E-state index contributed by atoms with van der Waals surface area (Å²) in [6.07, 6.45) is -0.0597. The van der Waals surface area contributed by atoms with E-state index >= 15 is 0 Å². The summed E-state index contributed by atoms with van der Waals surface area (Å²) in [6, 6.07) is 9.42. The molecule has 1 aliphatic rings. The molecule has 1 aromatic carbocycles. The van der Waals surface area contributed by atoms with Gasteiger partial charge in [-0.15, -0.1) is 0 Å². The van der Waals surface area contributed by atoms with Gasteiger partial charge in [-0.25, -0.2) is 0 Å². The number of para-hydroxylation sites is 2. The van der Waals surface area contributed by atoms with Gasteiger partial charge in [-0.2, -0.15) is 0 Å². The van der Waals surface area contributed by atoms with E-state index in [4.69, 9.17) is 19.6 Å². The van der Waals surface area contributed by atoms with Crippen LogP contribution in [0.3, 0.4) is 0 Å². The van der Waals surface area contributed by atoms with Crippen LogP contribution in [0.1, 0.15) is 42.6 Å². The fourth-order valence-electron chi connectivity index (χ4n) is 3.16. The Morgan fingerprint density at radius 3 is 2.62 bits per heavy atom. The van der Waals surface area contributed by atoms with Crippen LogP contribution in [-0.4, -0.2) is 37.1 Å². The number of furan rings is 1. The SMILES string of the molecule is CN(Cc1cc(C(N)=O)oc1C(C)(C)C)CC1COc2ccccc2O1. The topological polar surface area (TPSA) is 77.9 Å². The van der Waals surface area contributed by atoms with Crippen LogP contribution < -0.4 is 15.2 Å². The Balaban J connectivity index is 1.69. The van der Waals surface area contributed by atoms with Crippen molar-refractivity contribution in [2.45, 2.75) is 38.8 Å². The van der Waals surface area contributed by atoms with Crippen LogP contribution in [0.2, 0.25) is 0 Å². The molecule has 3 rings (SSSR count). The fraction of sp³-hybridized carbons (Fsp3) is 0.450. The summed E-state index contributed by atoms with van der Waals surface area (Å²) >= 11 is 0. The van der Waals surface area contributed by atoms with E-state index in [9.17, 15) is 4.79 Å². The summed E-state index contributed by atoms with van der Waals surface area (Å²) in [5.41, 5.74) is 6.13. The molecule has 1 aliphatic heterocycles. The van der Waals surface area contributed by atoms with E-state index in [2.05, 4.69) is 25.7 Å². The van der Waals surface area contributed by atoms with Crippen LogP contribution in [0.4, 0.5) is 0 Å². The fourth-order valence-corrected chi connectivity index (χ4v) is 3.16. The normalized spacial score (nSPS) is 16.7. The van der Waals surface area contributed by atoms with Crippen LogP contribution in [0.15, 0.2) is 34.7 Å². The number of carbonyl (C=O) groups is 1. The summed E-state index contributed by atoms with van der Waals surface area (Å²) in [7, 11) is 2.01. The number of fused-ring (bicyclic) bond motifs is 1. The number of ether oxygens (including phenoxy) is 2. The Morgan fingerprint density at radius 2 is 1.96 bits per heavy atom. The summed E-state index contributed by atoms with van der Waals surface area (Å²) in [5, 5.41) is 0. The minimum atomic E-state index is -0.551. The molecule has 0 bridgehead atoms. The maximum Gasteiger partial charge on any atom is 0.284 e. The molecule has 6 heteroatoms. The number of nitrogens with zero attached hydrogens (tertiary/aromatic N) is 1. The number of primary amides is 1. The molecule has 6 nitrogen and oxygen atoms in total. The molecule has 1 unspecified atom stereocenters. The van der Waals surface area contributed by atoms with Crippen LogP contribution in [0, 0.1) is 0 Å². The monoisotopic (exact) mass is 358 g/mol. The molecule has 140 valence electrons. The molecule has 0 spiro atoms. The van der Waals surface area contributed by atoms with Crippen molar-refractivity contribution < 1.29 is 18.7 Å². The van der Waals surface area contributed by atoms with Gasteiger partial charge in [-0.05, 0) is 25.2 Å². The van der Waals surface area contributed by atoms with Gasteiger partial charge in [-0.3, -0.25) is 9.69 Å². The predicted octanol–water partition coefficient (Wildman–Crippen LogP) is 2.95. The molecule has 2 heterocycles. The number of hydrogen-bond acceptors (Lipinski definition) is 5. The van der Waals surface area contributed by atoms with Crippen molar-refractivity contribution in [2.75, 3.05) is 20.2 Å². The smallest absolute Gasteiger partial charge is 0.284 e. The number of rotatable bonds is 5. The molecule has 0 fully saturated rings. The first-order valence-electron chi connectivity index (χ1n) is 8.74. The minimum absolute atomic E-state index is 0.0597. The van der Waals surface area contributed by atoms with Gasteiger partial charge in [0.25, 0.3) is 5.91 Å². The summed E-state index contributed by atoms with van der Waals surface area (Å²) < 4.78 is 17.5. The standard InChI is InChI=1S/C20H26N2O4/c1-20(2,3)18-13(9-17(26-18)19(21)23)10-22(4)11-14-12-24-15-7-5-6-8-16(15)25-14/h5-9,14H,10-12H2,1-4H3,(H2,21,23). The molecule has 1 amide bonds. The lowest BCUT2D eigenvalue weighted by Crippen LogP contribution is -2.39. The first-order chi connectivity index (χ1) is 12.2. The second-order valence-corrected chi connectivity index (χ2v) is 7.77.